The van der Waals surface area contributed by atoms with Crippen LogP contribution in [-0.2, 0) is 27.7 Å². The van der Waals surface area contributed by atoms with E-state index in [0.717, 1.165) is 31.3 Å². The number of hydrogen-bond donors (Lipinski definition) is 1. The van der Waals surface area contributed by atoms with Crippen LogP contribution in [0.3, 0.4) is 0 Å². The number of aryl methyl sites for hydroxylation is 1. The molecule has 0 spiro atoms. The topological polar surface area (TPSA) is 124 Å². The van der Waals surface area contributed by atoms with Crippen molar-refractivity contribution in [3.63, 3.8) is 0 Å². The van der Waals surface area contributed by atoms with Crippen molar-refractivity contribution in [1.29, 1.82) is 0 Å². The summed E-state index contributed by atoms with van der Waals surface area (Å²) in [4.78, 5) is 42.9. The number of esters is 1. The third-order valence-corrected chi connectivity index (χ3v) is 6.28. The highest BCUT2D eigenvalue weighted by Crippen LogP contribution is 2.18. The zero-order valence-electron chi connectivity index (χ0n) is 18.9. The molecule has 1 N–H and O–H groups in total. The van der Waals surface area contributed by atoms with Gasteiger partial charge in [0, 0.05) is 24.2 Å². The molecular weight excluding hydrogens is 458 g/mol. The lowest BCUT2D eigenvalue weighted by Crippen LogP contribution is -2.25. The number of benzene rings is 2. The lowest BCUT2D eigenvalue weighted by Gasteiger charge is -2.14. The molecule has 0 unspecified atom stereocenters. The Kier molecular flexibility index (Phi) is 6.52. The van der Waals surface area contributed by atoms with Gasteiger partial charge in [0.05, 0.1) is 22.7 Å². The number of carbonyl (C=O) groups is 2. The van der Waals surface area contributed by atoms with Gasteiger partial charge in [-0.3, -0.25) is 18.9 Å². The second-order valence-electron chi connectivity index (χ2n) is 8.39. The molecule has 2 heterocycles. The Bertz CT molecular complexity index is 1430. The standard InChI is InChI=1S/C24H25N3O6S/c1-15(22(28)16-7-10-18(11-8-16)26-34(2,31)32)33-24(30)17-9-12-19-20(14-17)25-21-6-4-3-5-13-27(21)23(19)29/h7-12,14-15,26H,3-6,13H2,1-2H3/t15-/m0/s1. The van der Waals surface area contributed by atoms with Gasteiger partial charge in [0.2, 0.25) is 15.8 Å². The number of carbonyl (C=O) groups excluding carboxylic acids is 2. The molecular formula is C24H25N3O6S. The molecule has 9 nitrogen and oxygen atoms in total. The summed E-state index contributed by atoms with van der Waals surface area (Å²) in [5.41, 5.74) is 1.11. The minimum Gasteiger partial charge on any atom is -0.451 e. The monoisotopic (exact) mass is 483 g/mol. The summed E-state index contributed by atoms with van der Waals surface area (Å²) in [7, 11) is -3.43. The van der Waals surface area contributed by atoms with Gasteiger partial charge in [-0.05, 0) is 62.2 Å². The molecule has 1 aliphatic rings. The van der Waals surface area contributed by atoms with Gasteiger partial charge in [-0.2, -0.15) is 0 Å². The van der Waals surface area contributed by atoms with Crippen molar-refractivity contribution in [2.45, 2.75) is 45.3 Å². The van der Waals surface area contributed by atoms with E-state index in [1.165, 1.54) is 43.3 Å². The van der Waals surface area contributed by atoms with Crippen LogP contribution in [0.5, 0.6) is 0 Å². The Labute approximate surface area is 196 Å². The van der Waals surface area contributed by atoms with E-state index in [4.69, 9.17) is 4.74 Å². The average molecular weight is 484 g/mol. The minimum atomic E-state index is -3.43. The highest BCUT2D eigenvalue weighted by molar-refractivity contribution is 7.92. The lowest BCUT2D eigenvalue weighted by molar-refractivity contribution is 0.0319. The van der Waals surface area contributed by atoms with Crippen molar-refractivity contribution < 1.29 is 22.7 Å². The zero-order chi connectivity index (χ0) is 24.5. The third-order valence-electron chi connectivity index (χ3n) is 5.68. The number of anilines is 1. The molecule has 0 saturated heterocycles. The SMILES string of the molecule is C[C@H](OC(=O)c1ccc2c(=O)n3c(nc2c1)CCCCC3)C(=O)c1ccc(NS(C)(=O)=O)cc1. The highest BCUT2D eigenvalue weighted by Gasteiger charge is 2.22. The van der Waals surface area contributed by atoms with Crippen molar-refractivity contribution >= 4 is 38.4 Å². The molecule has 0 bridgehead atoms. The molecule has 0 aliphatic carbocycles. The van der Waals surface area contributed by atoms with Crippen molar-refractivity contribution in [3.8, 4) is 0 Å². The van der Waals surface area contributed by atoms with Crippen LogP contribution in [0.25, 0.3) is 10.9 Å². The van der Waals surface area contributed by atoms with Crippen LogP contribution in [0, 0.1) is 0 Å². The maximum atomic E-state index is 12.9. The van der Waals surface area contributed by atoms with Gasteiger partial charge >= 0.3 is 5.97 Å². The molecule has 0 radical (unpaired) electrons. The number of aromatic nitrogens is 2. The van der Waals surface area contributed by atoms with Crippen LogP contribution in [-0.4, -0.2) is 42.1 Å². The molecule has 4 rings (SSSR count). The fourth-order valence-corrected chi connectivity index (χ4v) is 4.54. The Morgan fingerprint density at radius 3 is 2.47 bits per heavy atom. The van der Waals surface area contributed by atoms with E-state index in [2.05, 4.69) is 9.71 Å². The van der Waals surface area contributed by atoms with Crippen molar-refractivity contribution in [2.75, 3.05) is 11.0 Å². The van der Waals surface area contributed by atoms with Gasteiger partial charge < -0.3 is 4.74 Å². The summed E-state index contributed by atoms with van der Waals surface area (Å²) >= 11 is 0. The van der Waals surface area contributed by atoms with Crippen LogP contribution in [0.2, 0.25) is 0 Å². The highest BCUT2D eigenvalue weighted by atomic mass is 32.2. The Balaban J connectivity index is 1.51. The molecule has 34 heavy (non-hydrogen) atoms. The van der Waals surface area contributed by atoms with Gasteiger partial charge in [0.15, 0.2) is 6.10 Å². The summed E-state index contributed by atoms with van der Waals surface area (Å²) in [6.07, 6.45) is 3.62. The van der Waals surface area contributed by atoms with Crippen LogP contribution >= 0.6 is 0 Å². The predicted octanol–water partition coefficient (Wildman–Crippen LogP) is 2.92. The molecule has 0 fully saturated rings. The normalized spacial score (nSPS) is 14.6. The Morgan fingerprint density at radius 1 is 1.06 bits per heavy atom. The van der Waals surface area contributed by atoms with E-state index in [-0.39, 0.29) is 16.7 Å². The number of nitrogens with zero attached hydrogens (tertiary/aromatic N) is 2. The minimum absolute atomic E-state index is 0.112. The number of rotatable bonds is 6. The largest absolute Gasteiger partial charge is 0.451 e. The number of sulfonamides is 1. The van der Waals surface area contributed by atoms with E-state index in [1.54, 1.807) is 10.6 Å². The molecule has 0 saturated carbocycles. The van der Waals surface area contributed by atoms with Crippen LogP contribution in [0.4, 0.5) is 5.69 Å². The first-order valence-corrected chi connectivity index (χ1v) is 12.9. The van der Waals surface area contributed by atoms with E-state index >= 15 is 0 Å². The first-order valence-electron chi connectivity index (χ1n) is 11.0. The van der Waals surface area contributed by atoms with Crippen molar-refractivity contribution in [1.82, 2.24) is 9.55 Å². The molecule has 0 amide bonds. The smallest absolute Gasteiger partial charge is 0.338 e. The molecule has 1 aliphatic heterocycles. The lowest BCUT2D eigenvalue weighted by atomic mass is 10.1. The second-order valence-corrected chi connectivity index (χ2v) is 10.1. The summed E-state index contributed by atoms with van der Waals surface area (Å²) in [6.45, 7) is 2.11. The molecule has 178 valence electrons. The van der Waals surface area contributed by atoms with Gasteiger partial charge in [-0.1, -0.05) is 6.42 Å². The van der Waals surface area contributed by atoms with Crippen LogP contribution < -0.4 is 10.3 Å². The van der Waals surface area contributed by atoms with Gasteiger partial charge in [-0.25, -0.2) is 18.2 Å². The van der Waals surface area contributed by atoms with E-state index < -0.39 is 27.9 Å². The van der Waals surface area contributed by atoms with Crippen LogP contribution in [0.1, 0.15) is 52.7 Å². The van der Waals surface area contributed by atoms with Gasteiger partial charge in [0.1, 0.15) is 5.82 Å². The van der Waals surface area contributed by atoms with Gasteiger partial charge in [0.25, 0.3) is 5.56 Å². The van der Waals surface area contributed by atoms with E-state index in [9.17, 15) is 22.8 Å². The summed E-state index contributed by atoms with van der Waals surface area (Å²) < 4.78 is 32.0. The van der Waals surface area contributed by atoms with Gasteiger partial charge in [-0.15, -0.1) is 0 Å². The summed E-state index contributed by atoms with van der Waals surface area (Å²) in [5, 5.41) is 0.439. The first-order chi connectivity index (χ1) is 16.1. The quantitative estimate of drug-likeness (QED) is 0.422. The van der Waals surface area contributed by atoms with E-state index in [1.807, 2.05) is 0 Å². The molecule has 2 aromatic carbocycles. The number of ketones is 1. The number of fused-ring (bicyclic) bond motifs is 2. The van der Waals surface area contributed by atoms with Crippen molar-refractivity contribution in [3.05, 3.63) is 69.8 Å². The van der Waals surface area contributed by atoms with E-state index in [0.29, 0.717) is 29.6 Å². The molecule has 10 heteroatoms. The molecule has 1 atom stereocenters. The maximum absolute atomic E-state index is 12.9. The molecule has 1 aromatic heterocycles. The summed E-state index contributed by atoms with van der Waals surface area (Å²) in [6, 6.07) is 10.4. The number of hydrogen-bond acceptors (Lipinski definition) is 7. The molecule has 3 aromatic rings. The number of Topliss-reactive ketones (excluding diaryl/α,β-unsaturated/α-hetero) is 1. The summed E-state index contributed by atoms with van der Waals surface area (Å²) in [5.74, 6) is -0.408. The maximum Gasteiger partial charge on any atom is 0.338 e. The first kappa shape index (κ1) is 23.6. The Morgan fingerprint density at radius 2 is 1.76 bits per heavy atom. The third kappa shape index (κ3) is 5.17. The second kappa shape index (κ2) is 9.38. The average Bonchev–Trinajstić information content (AvgIpc) is 3.03. The Hall–Kier alpha value is -3.53. The zero-order valence-corrected chi connectivity index (χ0v) is 19.7. The number of ether oxygens (including phenoxy) is 1. The van der Waals surface area contributed by atoms with Crippen molar-refractivity contribution in [2.24, 2.45) is 0 Å². The fourth-order valence-electron chi connectivity index (χ4n) is 3.98. The fraction of sp³-hybridized carbons (Fsp3) is 0.333. The number of nitrogens with one attached hydrogen (secondary N) is 1. The predicted molar refractivity (Wildman–Crippen MR) is 128 cm³/mol. The van der Waals surface area contributed by atoms with Crippen LogP contribution in [0.15, 0.2) is 47.3 Å².